The summed E-state index contributed by atoms with van der Waals surface area (Å²) in [5.41, 5.74) is 1.50. The molecule has 3 rings (SSSR count). The molecule has 1 aliphatic rings. The quantitative estimate of drug-likeness (QED) is 0.943. The van der Waals surface area contributed by atoms with E-state index in [1.54, 1.807) is 10.7 Å². The SMILES string of the molecule is Cc1nn(CC2CCC(C(=O)O)CC2)c2cc(F)c(C#N)cc12. The number of aromatic nitrogens is 2. The van der Waals surface area contributed by atoms with E-state index in [1.165, 1.54) is 6.07 Å². The highest BCUT2D eigenvalue weighted by Crippen LogP contribution is 2.31. The van der Waals surface area contributed by atoms with Crippen molar-refractivity contribution in [2.75, 3.05) is 0 Å². The van der Waals surface area contributed by atoms with Crippen molar-refractivity contribution in [1.82, 2.24) is 9.78 Å². The van der Waals surface area contributed by atoms with Crippen molar-refractivity contribution in [2.24, 2.45) is 11.8 Å². The third-order valence-electron chi connectivity index (χ3n) is 4.77. The lowest BCUT2D eigenvalue weighted by Gasteiger charge is -2.26. The van der Waals surface area contributed by atoms with Crippen LogP contribution in [0.4, 0.5) is 4.39 Å². The Balaban J connectivity index is 1.83. The van der Waals surface area contributed by atoms with Crippen LogP contribution in [0, 0.1) is 35.9 Å². The molecule has 1 aromatic carbocycles. The van der Waals surface area contributed by atoms with Gasteiger partial charge in [0.2, 0.25) is 0 Å². The van der Waals surface area contributed by atoms with Gasteiger partial charge in [-0.3, -0.25) is 9.48 Å². The summed E-state index contributed by atoms with van der Waals surface area (Å²) in [5, 5.41) is 23.3. The minimum Gasteiger partial charge on any atom is -0.481 e. The lowest BCUT2D eigenvalue weighted by atomic mass is 9.82. The summed E-state index contributed by atoms with van der Waals surface area (Å²) in [7, 11) is 0. The zero-order valence-electron chi connectivity index (χ0n) is 12.9. The van der Waals surface area contributed by atoms with Gasteiger partial charge in [0.15, 0.2) is 0 Å². The van der Waals surface area contributed by atoms with Crippen molar-refractivity contribution >= 4 is 16.9 Å². The lowest BCUT2D eigenvalue weighted by molar-refractivity contribution is -0.143. The van der Waals surface area contributed by atoms with E-state index < -0.39 is 11.8 Å². The van der Waals surface area contributed by atoms with E-state index >= 15 is 0 Å². The van der Waals surface area contributed by atoms with Crippen molar-refractivity contribution < 1.29 is 14.3 Å². The van der Waals surface area contributed by atoms with Gasteiger partial charge in [-0.15, -0.1) is 0 Å². The number of rotatable bonds is 3. The number of carboxylic acid groups (broad SMARTS) is 1. The van der Waals surface area contributed by atoms with Crippen LogP contribution in [-0.2, 0) is 11.3 Å². The molecule has 120 valence electrons. The molecule has 0 spiro atoms. The first-order valence-corrected chi connectivity index (χ1v) is 7.79. The largest absolute Gasteiger partial charge is 0.481 e. The predicted molar refractivity (Wildman–Crippen MR) is 82.2 cm³/mol. The molecular weight excluding hydrogens is 297 g/mol. The second-order valence-corrected chi connectivity index (χ2v) is 6.28. The van der Waals surface area contributed by atoms with Gasteiger partial charge in [0.25, 0.3) is 0 Å². The number of carboxylic acids is 1. The Morgan fingerprint density at radius 1 is 1.43 bits per heavy atom. The van der Waals surface area contributed by atoms with Crippen molar-refractivity contribution in [2.45, 2.75) is 39.2 Å². The first kappa shape index (κ1) is 15.5. The third-order valence-corrected chi connectivity index (χ3v) is 4.77. The predicted octanol–water partition coefficient (Wildman–Crippen LogP) is 3.25. The molecule has 2 aromatic rings. The average Bonchev–Trinajstić information content (AvgIpc) is 2.82. The molecule has 23 heavy (non-hydrogen) atoms. The molecule has 0 bridgehead atoms. The monoisotopic (exact) mass is 315 g/mol. The average molecular weight is 315 g/mol. The number of aliphatic carboxylic acids is 1. The molecule has 5 nitrogen and oxygen atoms in total. The molecule has 1 aromatic heterocycles. The Kier molecular flexibility index (Phi) is 4.03. The summed E-state index contributed by atoms with van der Waals surface area (Å²) in [6, 6.07) is 4.77. The van der Waals surface area contributed by atoms with Gasteiger partial charge in [-0.25, -0.2) is 4.39 Å². The van der Waals surface area contributed by atoms with Gasteiger partial charge in [0.1, 0.15) is 11.9 Å². The number of hydrogen-bond donors (Lipinski definition) is 1. The number of fused-ring (bicyclic) bond motifs is 1. The van der Waals surface area contributed by atoms with Gasteiger partial charge in [-0.2, -0.15) is 10.4 Å². The second kappa shape index (κ2) is 5.99. The molecule has 1 fully saturated rings. The minimum atomic E-state index is -0.713. The smallest absolute Gasteiger partial charge is 0.306 e. The number of benzene rings is 1. The maximum Gasteiger partial charge on any atom is 0.306 e. The Morgan fingerprint density at radius 3 is 2.74 bits per heavy atom. The van der Waals surface area contributed by atoms with Gasteiger partial charge in [-0.1, -0.05) is 0 Å². The summed E-state index contributed by atoms with van der Waals surface area (Å²) in [6.45, 7) is 2.50. The van der Waals surface area contributed by atoms with Crippen LogP contribution in [-0.4, -0.2) is 20.9 Å². The van der Waals surface area contributed by atoms with Crippen LogP contribution >= 0.6 is 0 Å². The van der Waals surface area contributed by atoms with Gasteiger partial charge in [0, 0.05) is 18.0 Å². The van der Waals surface area contributed by atoms with Crippen LogP contribution in [0.1, 0.15) is 36.9 Å². The van der Waals surface area contributed by atoms with Crippen molar-refractivity contribution in [3.8, 4) is 6.07 Å². The molecule has 1 N–H and O–H groups in total. The molecule has 0 aliphatic heterocycles. The molecule has 6 heteroatoms. The maximum absolute atomic E-state index is 13.9. The van der Waals surface area contributed by atoms with Gasteiger partial charge < -0.3 is 5.11 Å². The highest BCUT2D eigenvalue weighted by atomic mass is 19.1. The fraction of sp³-hybridized carbons (Fsp3) is 0.471. The van der Waals surface area contributed by atoms with Crippen LogP contribution in [0.5, 0.6) is 0 Å². The fourth-order valence-electron chi connectivity index (χ4n) is 3.42. The Labute approximate surface area is 133 Å². The standard InChI is InChI=1S/C17H18FN3O2/c1-10-14-6-13(8-19)15(18)7-16(14)21(20-10)9-11-2-4-12(5-3-11)17(22)23/h6-7,11-12H,2-5,9H2,1H3,(H,22,23). The number of halogens is 1. The number of nitriles is 1. The van der Waals surface area contributed by atoms with Crippen molar-refractivity contribution in [1.29, 1.82) is 5.26 Å². The molecular formula is C17H18FN3O2. The Bertz CT molecular complexity index is 798. The van der Waals surface area contributed by atoms with Crippen molar-refractivity contribution in [3.05, 3.63) is 29.2 Å². The van der Waals surface area contributed by atoms with Gasteiger partial charge in [0.05, 0.1) is 22.7 Å². The van der Waals surface area contributed by atoms with Crippen LogP contribution in [0.3, 0.4) is 0 Å². The molecule has 1 aliphatic carbocycles. The Hall–Kier alpha value is -2.42. The highest BCUT2D eigenvalue weighted by molar-refractivity contribution is 5.83. The zero-order chi connectivity index (χ0) is 16.6. The minimum absolute atomic E-state index is 0.0297. The van der Waals surface area contributed by atoms with Crippen molar-refractivity contribution in [3.63, 3.8) is 0 Å². The van der Waals surface area contributed by atoms with E-state index in [4.69, 9.17) is 10.4 Å². The first-order chi connectivity index (χ1) is 11.0. The van der Waals surface area contributed by atoms with Crippen LogP contribution in [0.25, 0.3) is 10.9 Å². The van der Waals surface area contributed by atoms with Crippen LogP contribution < -0.4 is 0 Å². The summed E-state index contributed by atoms with van der Waals surface area (Å²) >= 11 is 0. The topological polar surface area (TPSA) is 78.9 Å². The molecule has 0 saturated heterocycles. The van der Waals surface area contributed by atoms with Crippen LogP contribution in [0.15, 0.2) is 12.1 Å². The maximum atomic E-state index is 13.9. The number of aryl methyl sites for hydroxylation is 1. The summed E-state index contributed by atoms with van der Waals surface area (Å²) in [6.07, 6.45) is 3.06. The summed E-state index contributed by atoms with van der Waals surface area (Å²) in [5.74, 6) is -1.13. The van der Waals surface area contributed by atoms with E-state index in [1.807, 2.05) is 13.0 Å². The fourth-order valence-corrected chi connectivity index (χ4v) is 3.42. The highest BCUT2D eigenvalue weighted by Gasteiger charge is 2.26. The lowest BCUT2D eigenvalue weighted by Crippen LogP contribution is -2.24. The molecule has 0 atom stereocenters. The van der Waals surface area contributed by atoms with E-state index in [9.17, 15) is 9.18 Å². The summed E-state index contributed by atoms with van der Waals surface area (Å²) < 4.78 is 15.7. The molecule has 1 saturated carbocycles. The van der Waals surface area contributed by atoms with E-state index in [2.05, 4.69) is 5.10 Å². The third kappa shape index (κ3) is 2.91. The zero-order valence-corrected chi connectivity index (χ0v) is 12.9. The second-order valence-electron chi connectivity index (χ2n) is 6.28. The summed E-state index contributed by atoms with van der Waals surface area (Å²) in [4.78, 5) is 11.0. The molecule has 0 radical (unpaired) electrons. The van der Waals surface area contributed by atoms with Crippen LogP contribution in [0.2, 0.25) is 0 Å². The molecule has 1 heterocycles. The van der Waals surface area contributed by atoms with Gasteiger partial charge in [-0.05, 0) is 44.6 Å². The molecule has 0 unspecified atom stereocenters. The number of carbonyl (C=O) groups is 1. The van der Waals surface area contributed by atoms with E-state index in [0.29, 0.717) is 30.8 Å². The Morgan fingerprint density at radius 2 is 2.13 bits per heavy atom. The molecule has 0 amide bonds. The first-order valence-electron chi connectivity index (χ1n) is 7.79. The van der Waals surface area contributed by atoms with Gasteiger partial charge >= 0.3 is 5.97 Å². The van der Waals surface area contributed by atoms with E-state index in [0.717, 1.165) is 23.9 Å². The number of nitrogens with zero attached hydrogens (tertiary/aromatic N) is 3. The number of hydrogen-bond acceptors (Lipinski definition) is 3. The normalized spacial score (nSPS) is 21.3. The van der Waals surface area contributed by atoms with E-state index in [-0.39, 0.29) is 11.5 Å².